The van der Waals surface area contributed by atoms with Crippen LogP contribution in [-0.2, 0) is 38.3 Å². The van der Waals surface area contributed by atoms with Crippen LogP contribution in [-0.4, -0.2) is 30.0 Å². The Labute approximate surface area is 166 Å². The Balaban J connectivity index is -0.000000272. The van der Waals surface area contributed by atoms with Crippen LogP contribution < -0.4 is 0 Å². The smallest absolute Gasteiger partial charge is 0.300 e. The van der Waals surface area contributed by atoms with E-state index < -0.39 is 15.6 Å². The van der Waals surface area contributed by atoms with Crippen LogP contribution in [0.3, 0.4) is 0 Å². The Hall–Kier alpha value is -0.376. The van der Waals surface area contributed by atoms with E-state index in [4.69, 9.17) is 13.0 Å². The van der Waals surface area contributed by atoms with Crippen LogP contribution in [0.2, 0.25) is 0 Å². The minimum absolute atomic E-state index is 0. The van der Waals surface area contributed by atoms with Crippen molar-refractivity contribution >= 4 is 21.7 Å². The van der Waals surface area contributed by atoms with E-state index in [2.05, 4.69) is 0 Å². The number of Topliss-reactive ketones (excluding diaryl/α,β-unsaturated/α-hetero) is 2. The molecule has 0 saturated heterocycles. The molecule has 2 rings (SSSR count). The van der Waals surface area contributed by atoms with Crippen molar-refractivity contribution in [3.63, 3.8) is 0 Å². The third-order valence-electron chi connectivity index (χ3n) is 1.90. The van der Waals surface area contributed by atoms with Gasteiger partial charge in [0.2, 0.25) is 0 Å². The molecule has 0 bridgehead atoms. The van der Waals surface area contributed by atoms with Crippen molar-refractivity contribution in [3.8, 4) is 0 Å². The maximum atomic E-state index is 10.7. The van der Waals surface area contributed by atoms with Crippen LogP contribution in [0.1, 0.15) is 20.3 Å². The minimum Gasteiger partial charge on any atom is -0.300 e. The summed E-state index contributed by atoms with van der Waals surface area (Å²) in [5.41, 5.74) is -5.53. The molecule has 0 heterocycles. The minimum atomic E-state index is -5.84. The molecule has 0 aromatic heterocycles. The monoisotopic (exact) mass is 431 g/mol. The average Bonchev–Trinajstić information content (AvgIpc) is 3.15. The second-order valence-electron chi connectivity index (χ2n) is 4.43. The molecule has 2 saturated carbocycles. The van der Waals surface area contributed by atoms with Crippen molar-refractivity contribution in [2.24, 2.45) is 0 Å². The van der Waals surface area contributed by atoms with Crippen molar-refractivity contribution < 1.29 is 54.3 Å². The second-order valence-corrected chi connectivity index (χ2v) is 5.84. The van der Waals surface area contributed by atoms with Gasteiger partial charge in [-0.25, -0.2) is 0 Å². The molecule has 26 heavy (non-hydrogen) atoms. The number of ketones is 2. The molecular weight excluding hydrogens is 412 g/mol. The number of hydrogen-bond acceptors (Lipinski definition) is 4. The summed E-state index contributed by atoms with van der Waals surface area (Å²) in [6.45, 7) is 2.81. The van der Waals surface area contributed by atoms with Crippen molar-refractivity contribution in [1.29, 1.82) is 0 Å². The Bertz CT molecular complexity index is 434. The third-order valence-corrected chi connectivity index (χ3v) is 2.49. The molecule has 0 spiro atoms. The molecule has 11 radical (unpaired) electrons. The summed E-state index contributed by atoms with van der Waals surface area (Å²) < 4.78 is 57.5. The number of alkyl halides is 3. The van der Waals surface area contributed by atoms with E-state index in [1.165, 1.54) is 13.8 Å². The summed E-state index contributed by atoms with van der Waals surface area (Å²) in [4.78, 5) is 20.1. The summed E-state index contributed by atoms with van der Waals surface area (Å²) in [7, 11) is -5.84. The molecule has 0 aromatic rings. The fraction of sp³-hybridized carbons (Fsp3) is 0.250. The molecule has 0 amide bonds. The number of halogens is 3. The molecule has 5 nitrogen and oxygen atoms in total. The van der Waals surface area contributed by atoms with Crippen LogP contribution in [0.5, 0.6) is 0 Å². The van der Waals surface area contributed by atoms with Crippen LogP contribution >= 0.6 is 0 Å². The van der Waals surface area contributed by atoms with Gasteiger partial charge < -0.3 is 0 Å². The molecule has 2 aliphatic rings. The topological polar surface area (TPSA) is 88.5 Å². The summed E-state index contributed by atoms with van der Waals surface area (Å²) in [5, 5.41) is 0. The molecule has 141 valence electrons. The van der Waals surface area contributed by atoms with Gasteiger partial charge in [0, 0.05) is 0 Å². The van der Waals surface area contributed by atoms with Crippen LogP contribution in [0.25, 0.3) is 0 Å². The third kappa shape index (κ3) is 23.6. The van der Waals surface area contributed by atoms with Gasteiger partial charge in [0.25, 0.3) is 0 Å². The number of carbonyl (C=O) groups excluding carboxylic acids is 2. The summed E-state index contributed by atoms with van der Waals surface area (Å²) >= 11 is 0. The van der Waals surface area contributed by atoms with Crippen molar-refractivity contribution in [3.05, 3.63) is 64.2 Å². The maximum Gasteiger partial charge on any atom is 4.00 e. The van der Waals surface area contributed by atoms with E-state index in [1.807, 2.05) is 64.2 Å². The molecule has 0 unspecified atom stereocenters. The van der Waals surface area contributed by atoms with Gasteiger partial charge in [-0.1, -0.05) is 0 Å². The van der Waals surface area contributed by atoms with Gasteiger partial charge in [-0.3, -0.25) is 14.1 Å². The van der Waals surface area contributed by atoms with Crippen molar-refractivity contribution in [2.45, 2.75) is 25.8 Å². The van der Waals surface area contributed by atoms with Gasteiger partial charge in [-0.05, 0) is 78.1 Å². The van der Waals surface area contributed by atoms with E-state index in [0.717, 1.165) is 0 Å². The van der Waals surface area contributed by atoms with E-state index >= 15 is 0 Å². The SMILES string of the molecule is CC(=O)CC(C)=O.O=S(=O)(O)C(F)(F)F.[CH]1[CH][CH][CH][CH]1.[CH]1[CH][CH][CH][CH]1.[V+4]. The van der Waals surface area contributed by atoms with E-state index in [-0.39, 0.29) is 36.5 Å². The summed E-state index contributed by atoms with van der Waals surface area (Å²) in [6.07, 6.45) is 20.1. The van der Waals surface area contributed by atoms with Crippen LogP contribution in [0.15, 0.2) is 0 Å². The Morgan fingerprint density at radius 2 is 0.923 bits per heavy atom. The molecule has 0 atom stereocenters. The fourth-order valence-electron chi connectivity index (χ4n) is 0.992. The zero-order chi connectivity index (χ0) is 19.9. The van der Waals surface area contributed by atoms with E-state index in [0.29, 0.717) is 0 Å². The van der Waals surface area contributed by atoms with Crippen LogP contribution in [0.4, 0.5) is 13.2 Å². The Kier molecular flexibility index (Phi) is 19.6. The summed E-state index contributed by atoms with van der Waals surface area (Å²) in [6, 6.07) is 0. The first kappa shape index (κ1) is 30.4. The maximum absolute atomic E-state index is 10.7. The first-order valence-electron chi connectivity index (χ1n) is 6.74. The van der Waals surface area contributed by atoms with E-state index in [1.54, 1.807) is 0 Å². The van der Waals surface area contributed by atoms with Gasteiger partial charge in [-0.2, -0.15) is 21.6 Å². The first-order chi connectivity index (χ1) is 11.4. The van der Waals surface area contributed by atoms with Gasteiger partial charge in [0.05, 0.1) is 6.42 Å². The predicted molar refractivity (Wildman–Crippen MR) is 86.6 cm³/mol. The number of hydrogen-bond donors (Lipinski definition) is 1. The van der Waals surface area contributed by atoms with Crippen LogP contribution in [0, 0.1) is 64.2 Å². The molecule has 10 heteroatoms. The van der Waals surface area contributed by atoms with E-state index in [9.17, 15) is 22.8 Å². The molecule has 2 aliphatic carbocycles. The number of carbonyl (C=O) groups is 2. The standard InChI is InChI=1S/C5H8O2.2C5H5.CHF3O3S.V/c1-4(6)3-5(2)7;2*1-2-4-5-3-1;2-1(3,4)8(5,6)7;/h3H2,1-2H3;2*1-5H;(H,5,6,7);/q;;;;+4. The number of rotatable bonds is 2. The molecule has 1 N–H and O–H groups in total. The Morgan fingerprint density at radius 1 is 0.769 bits per heavy atom. The normalized spacial score (nSPS) is 15.8. The molecule has 2 fully saturated rings. The van der Waals surface area contributed by atoms with Gasteiger partial charge >= 0.3 is 34.2 Å². The largest absolute Gasteiger partial charge is 4.00 e. The zero-order valence-corrected chi connectivity index (χ0v) is 16.3. The van der Waals surface area contributed by atoms with Crippen molar-refractivity contribution in [2.75, 3.05) is 0 Å². The van der Waals surface area contributed by atoms with Gasteiger partial charge in [0.15, 0.2) is 0 Å². The molecule has 0 aromatic carbocycles. The van der Waals surface area contributed by atoms with Crippen molar-refractivity contribution in [1.82, 2.24) is 0 Å². The summed E-state index contributed by atoms with van der Waals surface area (Å²) in [5.74, 6) is -0.125. The fourth-order valence-corrected chi connectivity index (χ4v) is 0.992. The molecular formula is C16H19F3O5SV+4. The second kappa shape index (κ2) is 16.8. The first-order valence-corrected chi connectivity index (χ1v) is 8.18. The quantitative estimate of drug-likeness (QED) is 0.413. The van der Waals surface area contributed by atoms with Gasteiger partial charge in [0.1, 0.15) is 11.6 Å². The molecule has 0 aliphatic heterocycles. The predicted octanol–water partition coefficient (Wildman–Crippen LogP) is 2.99. The Morgan fingerprint density at radius 3 is 0.962 bits per heavy atom. The average molecular weight is 431 g/mol. The van der Waals surface area contributed by atoms with Gasteiger partial charge in [-0.15, -0.1) is 0 Å². The zero-order valence-electron chi connectivity index (χ0n) is 14.1.